The van der Waals surface area contributed by atoms with E-state index >= 15 is 0 Å². The number of benzene rings is 2. The first kappa shape index (κ1) is 15.2. The molecule has 0 amide bonds. The van der Waals surface area contributed by atoms with E-state index in [0.717, 1.165) is 28.3 Å². The summed E-state index contributed by atoms with van der Waals surface area (Å²) in [4.78, 5) is 2.04. The van der Waals surface area contributed by atoms with Gasteiger partial charge in [0.25, 0.3) is 0 Å². The van der Waals surface area contributed by atoms with E-state index in [0.29, 0.717) is 13.2 Å². The van der Waals surface area contributed by atoms with Crippen molar-refractivity contribution in [3.63, 3.8) is 0 Å². The number of nitrogens with zero attached hydrogens (tertiary/aromatic N) is 1. The zero-order valence-corrected chi connectivity index (χ0v) is 12.8. The second-order valence-electron chi connectivity index (χ2n) is 5.03. The second-order valence-corrected chi connectivity index (χ2v) is 5.03. The zero-order valence-electron chi connectivity index (χ0n) is 12.8. The van der Waals surface area contributed by atoms with Gasteiger partial charge >= 0.3 is 0 Å². The largest absolute Gasteiger partial charge is 0.496 e. The Kier molecular flexibility index (Phi) is 5.06. The van der Waals surface area contributed by atoms with Crippen LogP contribution < -0.4 is 20.1 Å². The van der Waals surface area contributed by atoms with Crippen LogP contribution in [0.5, 0.6) is 11.5 Å². The van der Waals surface area contributed by atoms with Crippen LogP contribution in [0.4, 0.5) is 5.69 Å². The van der Waals surface area contributed by atoms with Gasteiger partial charge in [0.15, 0.2) is 0 Å². The molecule has 112 valence electrons. The Labute approximate surface area is 126 Å². The third-order valence-corrected chi connectivity index (χ3v) is 3.31. The smallest absolute Gasteiger partial charge is 0.125 e. The SMILES string of the molecule is COc1ccc(CN)cc1COc1cccc(N(C)C)c1. The van der Waals surface area contributed by atoms with E-state index in [1.165, 1.54) is 0 Å². The summed E-state index contributed by atoms with van der Waals surface area (Å²) >= 11 is 0. The molecule has 0 heterocycles. The molecule has 0 saturated heterocycles. The summed E-state index contributed by atoms with van der Waals surface area (Å²) < 4.78 is 11.2. The van der Waals surface area contributed by atoms with Gasteiger partial charge in [0.1, 0.15) is 18.1 Å². The lowest BCUT2D eigenvalue weighted by molar-refractivity contribution is 0.296. The molecule has 0 radical (unpaired) electrons. The maximum absolute atomic E-state index is 5.88. The topological polar surface area (TPSA) is 47.7 Å². The molecule has 0 fully saturated rings. The van der Waals surface area contributed by atoms with Gasteiger partial charge in [-0.2, -0.15) is 0 Å². The Morgan fingerprint density at radius 3 is 2.57 bits per heavy atom. The van der Waals surface area contributed by atoms with E-state index < -0.39 is 0 Å². The molecule has 0 unspecified atom stereocenters. The average molecular weight is 286 g/mol. The van der Waals surface area contributed by atoms with Crippen LogP contribution in [0.3, 0.4) is 0 Å². The molecule has 0 aromatic heterocycles. The van der Waals surface area contributed by atoms with Gasteiger partial charge in [-0.25, -0.2) is 0 Å². The summed E-state index contributed by atoms with van der Waals surface area (Å²) in [6.45, 7) is 0.959. The van der Waals surface area contributed by atoms with Crippen LogP contribution in [-0.2, 0) is 13.2 Å². The quantitative estimate of drug-likeness (QED) is 0.887. The normalized spacial score (nSPS) is 10.3. The van der Waals surface area contributed by atoms with Crippen molar-refractivity contribution in [2.75, 3.05) is 26.1 Å². The molecule has 0 aliphatic rings. The van der Waals surface area contributed by atoms with E-state index in [1.54, 1.807) is 7.11 Å². The van der Waals surface area contributed by atoms with Crippen molar-refractivity contribution in [1.29, 1.82) is 0 Å². The molecule has 21 heavy (non-hydrogen) atoms. The van der Waals surface area contributed by atoms with E-state index in [-0.39, 0.29) is 0 Å². The van der Waals surface area contributed by atoms with Gasteiger partial charge in [-0.05, 0) is 29.8 Å². The van der Waals surface area contributed by atoms with Crippen LogP contribution >= 0.6 is 0 Å². The number of anilines is 1. The molecule has 2 aromatic rings. The first-order valence-corrected chi connectivity index (χ1v) is 6.90. The van der Waals surface area contributed by atoms with Gasteiger partial charge in [0.05, 0.1) is 7.11 Å². The third kappa shape index (κ3) is 3.89. The fourth-order valence-electron chi connectivity index (χ4n) is 2.08. The minimum atomic E-state index is 0.452. The summed E-state index contributed by atoms with van der Waals surface area (Å²) in [6, 6.07) is 13.9. The van der Waals surface area contributed by atoms with E-state index in [1.807, 2.05) is 61.5 Å². The second kappa shape index (κ2) is 6.99. The minimum Gasteiger partial charge on any atom is -0.496 e. The maximum Gasteiger partial charge on any atom is 0.125 e. The molecule has 4 nitrogen and oxygen atoms in total. The van der Waals surface area contributed by atoms with Crippen LogP contribution in [0.25, 0.3) is 0 Å². The predicted octanol–water partition coefficient (Wildman–Crippen LogP) is 2.80. The van der Waals surface area contributed by atoms with Crippen molar-refractivity contribution in [2.24, 2.45) is 5.73 Å². The number of rotatable bonds is 6. The molecule has 0 bridgehead atoms. The standard InChI is InChI=1S/C17H22N2O2/c1-19(2)15-5-4-6-16(10-15)21-12-14-9-13(11-18)7-8-17(14)20-3/h4-10H,11-12,18H2,1-3H3. The van der Waals surface area contributed by atoms with Crippen molar-refractivity contribution < 1.29 is 9.47 Å². The highest BCUT2D eigenvalue weighted by Crippen LogP contribution is 2.24. The molecular formula is C17H22N2O2. The number of ether oxygens (including phenoxy) is 2. The Balaban J connectivity index is 2.14. The Bertz CT molecular complexity index is 597. The summed E-state index contributed by atoms with van der Waals surface area (Å²) in [5.41, 5.74) is 8.85. The molecule has 4 heteroatoms. The molecule has 0 aliphatic carbocycles. The van der Waals surface area contributed by atoms with Gasteiger partial charge in [-0.15, -0.1) is 0 Å². The van der Waals surface area contributed by atoms with Crippen molar-refractivity contribution in [1.82, 2.24) is 0 Å². The van der Waals surface area contributed by atoms with Crippen LogP contribution in [-0.4, -0.2) is 21.2 Å². The molecule has 0 saturated carbocycles. The van der Waals surface area contributed by atoms with E-state index in [4.69, 9.17) is 15.2 Å². The zero-order chi connectivity index (χ0) is 15.2. The summed E-state index contributed by atoms with van der Waals surface area (Å²) in [6.07, 6.45) is 0. The fraction of sp³-hybridized carbons (Fsp3) is 0.294. The third-order valence-electron chi connectivity index (χ3n) is 3.31. The first-order valence-electron chi connectivity index (χ1n) is 6.90. The Hall–Kier alpha value is -2.20. The lowest BCUT2D eigenvalue weighted by Crippen LogP contribution is -2.08. The highest BCUT2D eigenvalue weighted by atomic mass is 16.5. The molecule has 0 spiro atoms. The molecule has 2 N–H and O–H groups in total. The van der Waals surface area contributed by atoms with Crippen LogP contribution in [0.15, 0.2) is 42.5 Å². The molecular weight excluding hydrogens is 264 g/mol. The van der Waals surface area contributed by atoms with E-state index in [2.05, 4.69) is 0 Å². The molecule has 2 aromatic carbocycles. The lowest BCUT2D eigenvalue weighted by atomic mass is 10.1. The molecule has 0 atom stereocenters. The fourth-order valence-corrected chi connectivity index (χ4v) is 2.08. The number of nitrogens with two attached hydrogens (primary N) is 1. The monoisotopic (exact) mass is 286 g/mol. The number of hydrogen-bond donors (Lipinski definition) is 1. The number of methoxy groups -OCH3 is 1. The van der Waals surface area contributed by atoms with Crippen molar-refractivity contribution in [3.8, 4) is 11.5 Å². The van der Waals surface area contributed by atoms with Gasteiger partial charge in [-0.3, -0.25) is 0 Å². The summed E-state index contributed by atoms with van der Waals surface area (Å²) in [5.74, 6) is 1.65. The van der Waals surface area contributed by atoms with Crippen molar-refractivity contribution in [2.45, 2.75) is 13.2 Å². The van der Waals surface area contributed by atoms with Gasteiger partial charge in [0.2, 0.25) is 0 Å². The van der Waals surface area contributed by atoms with Gasteiger partial charge in [-0.1, -0.05) is 12.1 Å². The average Bonchev–Trinajstić information content (AvgIpc) is 2.52. The van der Waals surface area contributed by atoms with Crippen molar-refractivity contribution >= 4 is 5.69 Å². The molecule has 0 aliphatic heterocycles. The first-order chi connectivity index (χ1) is 10.1. The van der Waals surface area contributed by atoms with Crippen LogP contribution in [0.2, 0.25) is 0 Å². The van der Waals surface area contributed by atoms with Crippen molar-refractivity contribution in [3.05, 3.63) is 53.6 Å². The number of hydrogen-bond acceptors (Lipinski definition) is 4. The maximum atomic E-state index is 5.88. The Morgan fingerprint density at radius 1 is 1.10 bits per heavy atom. The predicted molar refractivity (Wildman–Crippen MR) is 86.0 cm³/mol. The highest BCUT2D eigenvalue weighted by Gasteiger charge is 2.06. The van der Waals surface area contributed by atoms with Gasteiger partial charge in [0, 0.05) is 38.0 Å². The molecule has 2 rings (SSSR count). The summed E-state index contributed by atoms with van der Waals surface area (Å²) in [5, 5.41) is 0. The lowest BCUT2D eigenvalue weighted by Gasteiger charge is -2.15. The highest BCUT2D eigenvalue weighted by molar-refractivity contribution is 5.49. The Morgan fingerprint density at radius 2 is 1.90 bits per heavy atom. The van der Waals surface area contributed by atoms with Crippen LogP contribution in [0.1, 0.15) is 11.1 Å². The minimum absolute atomic E-state index is 0.452. The van der Waals surface area contributed by atoms with Crippen LogP contribution in [0, 0.1) is 0 Å². The van der Waals surface area contributed by atoms with E-state index in [9.17, 15) is 0 Å². The van der Waals surface area contributed by atoms with Gasteiger partial charge < -0.3 is 20.1 Å². The summed E-state index contributed by atoms with van der Waals surface area (Å²) in [7, 11) is 5.67.